The first-order valence-electron chi connectivity index (χ1n) is 25.2. The molecule has 3 N–H and O–H groups in total. The number of carboxylic acid groups (broad SMARTS) is 1. The minimum Gasteiger partial charge on any atom is -0.480 e. The second kappa shape index (κ2) is 55.9. The molecule has 0 saturated heterocycles. The number of carboxylic acids is 1. The number of rotatable bonds is 57. The van der Waals surface area contributed by atoms with Crippen molar-refractivity contribution in [3.63, 3.8) is 0 Å². The second-order valence-electron chi connectivity index (χ2n) is 15.7. The summed E-state index contributed by atoms with van der Waals surface area (Å²) < 4.78 is 59.9. The third-order valence-electron chi connectivity index (χ3n) is 9.99. The van der Waals surface area contributed by atoms with Gasteiger partial charge in [0.25, 0.3) is 0 Å². The van der Waals surface area contributed by atoms with Gasteiger partial charge < -0.3 is 67.8 Å². The third-order valence-corrected chi connectivity index (χ3v) is 9.99. The highest BCUT2D eigenvalue weighted by molar-refractivity contribution is 5.84. The molecule has 0 unspecified atom stereocenters. The number of hydrogen-bond acceptors (Lipinski definition) is 15. The third kappa shape index (κ3) is 54.1. The van der Waals surface area contributed by atoms with E-state index >= 15 is 0 Å². The summed E-state index contributed by atoms with van der Waals surface area (Å²) in [6.45, 7) is 12.6. The number of nitrogens with zero attached hydrogens (tertiary/aromatic N) is 3. The van der Waals surface area contributed by atoms with Crippen LogP contribution in [0.15, 0.2) is 5.11 Å². The Bertz CT molecular complexity index is 1130. The standard InChI is InChI=1S/C47H91N5O15/c1-2-3-4-5-6-7-8-9-10-11-12-13-14-15-16-17-46(54)51-44(47(55)56)18-19-45(53)49-20-22-57-24-26-59-28-30-61-32-34-63-36-38-65-40-42-67-43-41-66-39-37-64-35-33-62-31-29-60-27-25-58-23-21-50-52-48/h44H,2-43H2,1H3,(H,49,53)(H,51,54)(H,55,56)/t44-/m0/s1. The molecule has 394 valence electrons. The van der Waals surface area contributed by atoms with Crippen LogP contribution >= 0.6 is 0 Å². The van der Waals surface area contributed by atoms with E-state index in [1.54, 1.807) is 0 Å². The average molecular weight is 966 g/mol. The van der Waals surface area contributed by atoms with Crippen LogP contribution in [-0.4, -0.2) is 187 Å². The average Bonchev–Trinajstić information content (AvgIpc) is 3.32. The van der Waals surface area contributed by atoms with Crippen LogP contribution in [0.4, 0.5) is 0 Å². The molecule has 0 bridgehead atoms. The van der Waals surface area contributed by atoms with Crippen LogP contribution in [0.5, 0.6) is 0 Å². The van der Waals surface area contributed by atoms with E-state index in [0.717, 1.165) is 19.3 Å². The Balaban J connectivity index is 3.39. The molecule has 0 saturated carbocycles. The predicted octanol–water partition coefficient (Wildman–Crippen LogP) is 6.21. The maximum absolute atomic E-state index is 12.3. The number of unbranched alkanes of at least 4 members (excludes halogenated alkanes) is 14. The summed E-state index contributed by atoms with van der Waals surface area (Å²) >= 11 is 0. The van der Waals surface area contributed by atoms with E-state index in [9.17, 15) is 19.5 Å². The van der Waals surface area contributed by atoms with Gasteiger partial charge in [-0.3, -0.25) is 9.59 Å². The highest BCUT2D eigenvalue weighted by Crippen LogP contribution is 2.14. The fraction of sp³-hybridized carbons (Fsp3) is 0.936. The minimum atomic E-state index is -1.14. The van der Waals surface area contributed by atoms with E-state index in [4.69, 9.17) is 57.6 Å². The number of azide groups is 1. The van der Waals surface area contributed by atoms with E-state index in [2.05, 4.69) is 27.6 Å². The van der Waals surface area contributed by atoms with Crippen LogP contribution in [0, 0.1) is 0 Å². The zero-order valence-corrected chi connectivity index (χ0v) is 41.3. The first-order valence-corrected chi connectivity index (χ1v) is 25.2. The van der Waals surface area contributed by atoms with Crippen molar-refractivity contribution in [2.75, 3.05) is 158 Å². The maximum atomic E-state index is 12.3. The van der Waals surface area contributed by atoms with Gasteiger partial charge in [0.05, 0.1) is 145 Å². The van der Waals surface area contributed by atoms with Crippen molar-refractivity contribution in [1.82, 2.24) is 10.6 Å². The predicted molar refractivity (Wildman–Crippen MR) is 254 cm³/mol. The topological polar surface area (TPSA) is 246 Å². The molecule has 67 heavy (non-hydrogen) atoms. The van der Waals surface area contributed by atoms with E-state index in [0.29, 0.717) is 158 Å². The van der Waals surface area contributed by atoms with Crippen molar-refractivity contribution in [2.45, 2.75) is 129 Å². The van der Waals surface area contributed by atoms with Crippen LogP contribution in [0.1, 0.15) is 122 Å². The van der Waals surface area contributed by atoms with Crippen molar-refractivity contribution >= 4 is 17.8 Å². The van der Waals surface area contributed by atoms with Crippen molar-refractivity contribution in [3.8, 4) is 0 Å². The zero-order chi connectivity index (χ0) is 48.6. The number of aliphatic carboxylic acids is 1. The lowest BCUT2D eigenvalue weighted by molar-refractivity contribution is -0.142. The lowest BCUT2D eigenvalue weighted by Gasteiger charge is -2.14. The summed E-state index contributed by atoms with van der Waals surface area (Å²) in [4.78, 5) is 38.9. The largest absolute Gasteiger partial charge is 0.480 e. The van der Waals surface area contributed by atoms with Gasteiger partial charge in [0.15, 0.2) is 0 Å². The molecule has 0 aliphatic heterocycles. The number of carbonyl (C=O) groups excluding carboxylic acids is 2. The molecule has 2 amide bonds. The molecular weight excluding hydrogens is 875 g/mol. The fourth-order valence-corrected chi connectivity index (χ4v) is 6.26. The van der Waals surface area contributed by atoms with Gasteiger partial charge in [0.1, 0.15) is 6.04 Å². The van der Waals surface area contributed by atoms with Gasteiger partial charge in [0, 0.05) is 30.8 Å². The van der Waals surface area contributed by atoms with Crippen LogP contribution in [-0.2, 0) is 66.5 Å². The second-order valence-corrected chi connectivity index (χ2v) is 15.7. The summed E-state index contributed by atoms with van der Waals surface area (Å²) in [5.41, 5.74) is 8.16. The summed E-state index contributed by atoms with van der Waals surface area (Å²) in [6, 6.07) is -1.09. The molecule has 20 nitrogen and oxygen atoms in total. The Labute approximate surface area is 401 Å². The molecule has 0 aliphatic carbocycles. The Morgan fingerprint density at radius 3 is 1.09 bits per heavy atom. The highest BCUT2D eigenvalue weighted by atomic mass is 16.6. The number of nitrogens with one attached hydrogen (secondary N) is 2. The zero-order valence-electron chi connectivity index (χ0n) is 41.3. The molecular formula is C47H91N5O15. The molecule has 0 aromatic heterocycles. The van der Waals surface area contributed by atoms with Gasteiger partial charge in [-0.2, -0.15) is 0 Å². The minimum absolute atomic E-state index is 0.00892. The normalized spacial score (nSPS) is 11.7. The molecule has 0 spiro atoms. The number of amides is 2. The van der Waals surface area contributed by atoms with E-state index in [1.165, 1.54) is 77.0 Å². The van der Waals surface area contributed by atoms with Gasteiger partial charge in [-0.1, -0.05) is 102 Å². The fourth-order valence-electron chi connectivity index (χ4n) is 6.26. The summed E-state index contributed by atoms with van der Waals surface area (Å²) in [5.74, 6) is -1.72. The van der Waals surface area contributed by atoms with Crippen molar-refractivity contribution in [1.29, 1.82) is 0 Å². The van der Waals surface area contributed by atoms with Crippen LogP contribution in [0.3, 0.4) is 0 Å². The monoisotopic (exact) mass is 966 g/mol. The summed E-state index contributed by atoms with van der Waals surface area (Å²) in [6.07, 6.45) is 19.0. The molecule has 0 heterocycles. The van der Waals surface area contributed by atoms with Crippen LogP contribution < -0.4 is 10.6 Å². The first-order chi connectivity index (χ1) is 33.0. The molecule has 0 aromatic rings. The van der Waals surface area contributed by atoms with Crippen molar-refractivity contribution in [2.24, 2.45) is 5.11 Å². The lowest BCUT2D eigenvalue weighted by atomic mass is 10.0. The first kappa shape index (κ1) is 64.3. The Morgan fingerprint density at radius 1 is 0.448 bits per heavy atom. The van der Waals surface area contributed by atoms with Gasteiger partial charge in [-0.25, -0.2) is 4.79 Å². The van der Waals surface area contributed by atoms with Crippen molar-refractivity contribution < 1.29 is 71.6 Å². The molecule has 20 heteroatoms. The molecule has 0 radical (unpaired) electrons. The quantitative estimate of drug-likeness (QED) is 0.0266. The van der Waals surface area contributed by atoms with Crippen molar-refractivity contribution in [3.05, 3.63) is 10.4 Å². The summed E-state index contributed by atoms with van der Waals surface area (Å²) in [7, 11) is 0. The molecule has 0 aliphatic rings. The Kier molecular flexibility index (Phi) is 53.6. The molecule has 0 rings (SSSR count). The smallest absolute Gasteiger partial charge is 0.326 e. The highest BCUT2D eigenvalue weighted by Gasteiger charge is 2.20. The van der Waals surface area contributed by atoms with E-state index < -0.39 is 12.0 Å². The van der Waals surface area contributed by atoms with Crippen LogP contribution in [0.25, 0.3) is 10.4 Å². The SMILES string of the molecule is CCCCCCCCCCCCCCCCCC(=O)N[C@@H](CCC(=O)NCCOCCOCCOCCOCCOCCOCCOCCOCCOCCOCCOCCN=[N+]=[N-])C(=O)O. The number of carbonyl (C=O) groups is 3. The molecule has 0 aromatic carbocycles. The van der Waals surface area contributed by atoms with Crippen LogP contribution in [0.2, 0.25) is 0 Å². The molecule has 1 atom stereocenters. The lowest BCUT2D eigenvalue weighted by Crippen LogP contribution is -2.41. The van der Waals surface area contributed by atoms with Gasteiger partial charge >= 0.3 is 5.97 Å². The Hall–Kier alpha value is -2.72. The summed E-state index contributed by atoms with van der Waals surface area (Å²) in [5, 5.41) is 18.2. The number of hydrogen-bond donors (Lipinski definition) is 3. The molecule has 0 fully saturated rings. The van der Waals surface area contributed by atoms with E-state index in [-0.39, 0.29) is 31.2 Å². The maximum Gasteiger partial charge on any atom is 0.326 e. The van der Waals surface area contributed by atoms with Gasteiger partial charge in [-0.15, -0.1) is 0 Å². The van der Waals surface area contributed by atoms with Gasteiger partial charge in [-0.05, 0) is 18.4 Å². The number of ether oxygens (including phenoxy) is 11. The van der Waals surface area contributed by atoms with Gasteiger partial charge in [0.2, 0.25) is 11.8 Å². The van der Waals surface area contributed by atoms with E-state index in [1.807, 2.05) is 0 Å². The Morgan fingerprint density at radius 2 is 0.761 bits per heavy atom.